The normalized spacial score (nSPS) is 16.8. The Morgan fingerprint density at radius 3 is 2.54 bits per heavy atom. The number of nitrogens with zero attached hydrogens (tertiary/aromatic N) is 1. The summed E-state index contributed by atoms with van der Waals surface area (Å²) < 4.78 is 31.7. The lowest BCUT2D eigenvalue weighted by Crippen LogP contribution is -2.31. The van der Waals surface area contributed by atoms with Gasteiger partial charge in [-0.3, -0.25) is 4.79 Å². The van der Waals surface area contributed by atoms with Crippen LogP contribution in [0.1, 0.15) is 28.2 Å². The molecule has 1 atom stereocenters. The van der Waals surface area contributed by atoms with Gasteiger partial charge in [-0.25, -0.2) is 12.7 Å². The average Bonchev–Trinajstić information content (AvgIpc) is 2.74. The highest BCUT2D eigenvalue weighted by Crippen LogP contribution is 2.43. The highest BCUT2D eigenvalue weighted by molar-refractivity contribution is 7.91. The number of amides is 1. The molecule has 24 heavy (non-hydrogen) atoms. The number of phenolic OH excluding ortho intramolecular Hbond substituents is 1. The van der Waals surface area contributed by atoms with E-state index < -0.39 is 21.3 Å². The molecule has 0 aromatic heterocycles. The fraction of sp³-hybridized carbons (Fsp3) is 0.188. The highest BCUT2D eigenvalue weighted by atomic mass is 32.2. The summed E-state index contributed by atoms with van der Waals surface area (Å²) in [5.74, 6) is -0.972. The van der Waals surface area contributed by atoms with E-state index >= 15 is 0 Å². The van der Waals surface area contributed by atoms with E-state index in [0.29, 0.717) is 9.87 Å². The molecule has 2 aromatic carbocycles. The van der Waals surface area contributed by atoms with E-state index in [4.69, 9.17) is 4.74 Å². The lowest BCUT2D eigenvalue weighted by molar-refractivity contribution is 0.0859. The van der Waals surface area contributed by atoms with Crippen LogP contribution in [0, 0.1) is 0 Å². The topological polar surface area (TPSA) is 83.9 Å². The summed E-state index contributed by atoms with van der Waals surface area (Å²) in [6.45, 7) is 1.93. The van der Waals surface area contributed by atoms with E-state index in [9.17, 15) is 18.3 Å². The van der Waals surface area contributed by atoms with Gasteiger partial charge < -0.3 is 9.84 Å². The second-order valence-electron chi connectivity index (χ2n) is 5.14. The van der Waals surface area contributed by atoms with Crippen molar-refractivity contribution in [1.82, 2.24) is 4.31 Å². The van der Waals surface area contributed by atoms with Crippen molar-refractivity contribution in [3.63, 3.8) is 0 Å². The fourth-order valence-corrected chi connectivity index (χ4v) is 4.86. The molecular formula is C16H15NO5S2. The molecule has 1 aliphatic rings. The number of benzene rings is 2. The Bertz CT molecular complexity index is 896. The van der Waals surface area contributed by atoms with Crippen LogP contribution in [-0.2, 0) is 10.0 Å². The summed E-state index contributed by atoms with van der Waals surface area (Å²) in [5.41, 5.74) is 0.484. The van der Waals surface area contributed by atoms with Crippen LogP contribution in [0.25, 0.3) is 0 Å². The number of aromatic hydroxyl groups is 1. The predicted octanol–water partition coefficient (Wildman–Crippen LogP) is 2.56. The second kappa shape index (κ2) is 6.03. The van der Waals surface area contributed by atoms with Crippen molar-refractivity contribution in [1.29, 1.82) is 0 Å². The number of carbonyl (C=O) groups excluding carboxylic acids is 1. The average molecular weight is 365 g/mol. The van der Waals surface area contributed by atoms with E-state index in [0.717, 1.165) is 6.07 Å². The first-order chi connectivity index (χ1) is 11.4. The number of thiol groups is 1. The number of rotatable bonds is 4. The largest absolute Gasteiger partial charge is 0.508 e. The zero-order valence-corrected chi connectivity index (χ0v) is 14.4. The van der Waals surface area contributed by atoms with Gasteiger partial charge in [-0.05, 0) is 12.5 Å². The summed E-state index contributed by atoms with van der Waals surface area (Å²) in [6, 6.07) is 10.9. The van der Waals surface area contributed by atoms with Gasteiger partial charge in [0.05, 0.1) is 6.61 Å². The quantitative estimate of drug-likeness (QED) is 0.814. The molecule has 1 unspecified atom stereocenters. The zero-order chi connectivity index (χ0) is 17.5. The molecule has 3 rings (SSSR count). The SMILES string of the molecule is CCOc1cc(O)cc2c1C(=O)N(C(S)c1ccccc1)S2(=O)=O. The molecule has 1 N–H and O–H groups in total. The smallest absolute Gasteiger partial charge is 0.274 e. The number of hydrogen-bond acceptors (Lipinski definition) is 6. The molecular weight excluding hydrogens is 350 g/mol. The van der Waals surface area contributed by atoms with Crippen LogP contribution in [0.5, 0.6) is 11.5 Å². The lowest BCUT2D eigenvalue weighted by Gasteiger charge is -2.22. The number of hydrogen-bond donors (Lipinski definition) is 2. The van der Waals surface area contributed by atoms with Crippen molar-refractivity contribution in [2.24, 2.45) is 0 Å². The molecule has 0 bridgehead atoms. The molecule has 0 saturated heterocycles. The molecule has 0 spiro atoms. The Kier molecular flexibility index (Phi) is 4.18. The fourth-order valence-electron chi connectivity index (χ4n) is 2.59. The first kappa shape index (κ1) is 16.7. The zero-order valence-electron chi connectivity index (χ0n) is 12.7. The Morgan fingerprint density at radius 2 is 1.92 bits per heavy atom. The minimum atomic E-state index is -4.14. The van der Waals surface area contributed by atoms with Crippen molar-refractivity contribution in [2.45, 2.75) is 17.2 Å². The van der Waals surface area contributed by atoms with Crippen LogP contribution < -0.4 is 4.74 Å². The van der Waals surface area contributed by atoms with E-state index in [1.807, 2.05) is 0 Å². The number of carbonyl (C=O) groups is 1. The predicted molar refractivity (Wildman–Crippen MR) is 90.8 cm³/mol. The van der Waals surface area contributed by atoms with Gasteiger partial charge in [-0.2, -0.15) is 0 Å². The van der Waals surface area contributed by atoms with Crippen LogP contribution in [0.2, 0.25) is 0 Å². The van der Waals surface area contributed by atoms with Crippen LogP contribution in [0.4, 0.5) is 0 Å². The molecule has 1 amide bonds. The molecule has 0 radical (unpaired) electrons. The monoisotopic (exact) mass is 365 g/mol. The van der Waals surface area contributed by atoms with E-state index in [-0.39, 0.29) is 28.6 Å². The van der Waals surface area contributed by atoms with Gasteiger partial charge in [0.2, 0.25) is 0 Å². The minimum absolute atomic E-state index is 0.0390. The maximum absolute atomic E-state index is 12.8. The maximum Gasteiger partial charge on any atom is 0.274 e. The number of phenols is 1. The van der Waals surface area contributed by atoms with Gasteiger partial charge in [0.15, 0.2) is 0 Å². The number of fused-ring (bicyclic) bond motifs is 1. The highest BCUT2D eigenvalue weighted by Gasteiger charge is 2.47. The molecule has 0 saturated carbocycles. The Labute approximate surface area is 145 Å². The summed E-state index contributed by atoms with van der Waals surface area (Å²) in [6.07, 6.45) is 0. The maximum atomic E-state index is 12.8. The molecule has 6 nitrogen and oxygen atoms in total. The molecule has 1 heterocycles. The van der Waals surface area contributed by atoms with Crippen molar-refractivity contribution in [3.05, 3.63) is 53.6 Å². The molecule has 0 aliphatic carbocycles. The third-order valence-corrected chi connectivity index (χ3v) is 6.08. The number of sulfonamides is 1. The van der Waals surface area contributed by atoms with E-state index in [2.05, 4.69) is 12.6 Å². The third kappa shape index (κ3) is 2.51. The lowest BCUT2D eigenvalue weighted by atomic mass is 10.1. The van der Waals surface area contributed by atoms with Gasteiger partial charge in [0.1, 0.15) is 27.3 Å². The van der Waals surface area contributed by atoms with E-state index in [1.165, 1.54) is 6.07 Å². The Morgan fingerprint density at radius 1 is 1.25 bits per heavy atom. The molecule has 126 valence electrons. The standard InChI is InChI=1S/C16H15NO5S2/c1-2-22-12-8-11(18)9-13-14(12)15(19)17(24(13,20)21)16(23)10-6-4-3-5-7-10/h3-9,16,18,23H,2H2,1H3. The van der Waals surface area contributed by atoms with Crippen LogP contribution >= 0.6 is 12.6 Å². The van der Waals surface area contributed by atoms with Crippen molar-refractivity contribution in [2.75, 3.05) is 6.61 Å². The molecule has 2 aromatic rings. The van der Waals surface area contributed by atoms with Crippen LogP contribution in [0.15, 0.2) is 47.4 Å². The summed E-state index contributed by atoms with van der Waals surface area (Å²) in [4.78, 5) is 12.5. The summed E-state index contributed by atoms with van der Waals surface area (Å²) in [7, 11) is -4.14. The van der Waals surface area contributed by atoms with E-state index in [1.54, 1.807) is 37.3 Å². The third-order valence-electron chi connectivity index (χ3n) is 3.62. The van der Waals surface area contributed by atoms with Crippen molar-refractivity contribution >= 4 is 28.6 Å². The first-order valence-corrected chi connectivity index (χ1v) is 9.15. The van der Waals surface area contributed by atoms with Gasteiger partial charge in [-0.1, -0.05) is 30.3 Å². The molecule has 0 fully saturated rings. The van der Waals surface area contributed by atoms with Crippen molar-refractivity contribution in [3.8, 4) is 11.5 Å². The first-order valence-electron chi connectivity index (χ1n) is 7.19. The van der Waals surface area contributed by atoms with Gasteiger partial charge >= 0.3 is 0 Å². The Balaban J connectivity index is 2.16. The van der Waals surface area contributed by atoms with Gasteiger partial charge in [-0.15, -0.1) is 12.6 Å². The van der Waals surface area contributed by atoms with Crippen LogP contribution in [0.3, 0.4) is 0 Å². The van der Waals surface area contributed by atoms with Gasteiger partial charge in [0, 0.05) is 12.1 Å². The molecule has 8 heteroatoms. The summed E-state index contributed by atoms with van der Waals surface area (Å²) >= 11 is 4.33. The number of ether oxygens (including phenoxy) is 1. The van der Waals surface area contributed by atoms with Crippen LogP contribution in [-0.4, -0.2) is 30.3 Å². The van der Waals surface area contributed by atoms with Crippen molar-refractivity contribution < 1.29 is 23.1 Å². The second-order valence-corrected chi connectivity index (χ2v) is 7.41. The Hall–Kier alpha value is -2.19. The minimum Gasteiger partial charge on any atom is -0.508 e. The van der Waals surface area contributed by atoms with Gasteiger partial charge in [0.25, 0.3) is 15.9 Å². The molecule has 1 aliphatic heterocycles. The summed E-state index contributed by atoms with van der Waals surface area (Å²) in [5, 5.41) is 8.79.